The number of benzene rings is 2. The zero-order chi connectivity index (χ0) is 20.4. The van der Waals surface area contributed by atoms with Crippen molar-refractivity contribution in [3.8, 4) is 5.75 Å². The fraction of sp³-hybridized carbons (Fsp3) is 0.318. The van der Waals surface area contributed by atoms with Crippen LogP contribution >= 0.6 is 11.3 Å². The van der Waals surface area contributed by atoms with Crippen LogP contribution in [0.3, 0.4) is 0 Å². The van der Waals surface area contributed by atoms with Crippen molar-refractivity contribution < 1.29 is 14.3 Å². The molecule has 0 aliphatic carbocycles. The molecule has 1 unspecified atom stereocenters. The molecule has 0 spiro atoms. The van der Waals surface area contributed by atoms with Crippen LogP contribution in [0.25, 0.3) is 10.2 Å². The van der Waals surface area contributed by atoms with Crippen molar-refractivity contribution >= 4 is 44.1 Å². The number of aromatic nitrogens is 1. The number of fused-ring (bicyclic) bond motifs is 1. The predicted octanol–water partition coefficient (Wildman–Crippen LogP) is 4.36. The molecule has 7 heteroatoms. The molecule has 150 valence electrons. The molecular weight excluding hydrogens is 386 g/mol. The van der Waals surface area contributed by atoms with E-state index in [0.717, 1.165) is 40.5 Å². The van der Waals surface area contributed by atoms with Crippen molar-refractivity contribution in [1.29, 1.82) is 0 Å². The van der Waals surface area contributed by atoms with Gasteiger partial charge in [0, 0.05) is 24.3 Å². The Morgan fingerprint density at radius 2 is 2.00 bits per heavy atom. The third-order valence-electron chi connectivity index (χ3n) is 5.21. The van der Waals surface area contributed by atoms with Gasteiger partial charge in [0.1, 0.15) is 5.75 Å². The average molecular weight is 410 g/mol. The van der Waals surface area contributed by atoms with Crippen LogP contribution in [0.2, 0.25) is 0 Å². The van der Waals surface area contributed by atoms with Gasteiger partial charge in [0.2, 0.25) is 5.91 Å². The molecule has 2 heterocycles. The predicted molar refractivity (Wildman–Crippen MR) is 116 cm³/mol. The first-order chi connectivity index (χ1) is 14.0. The van der Waals surface area contributed by atoms with Crippen LogP contribution < -0.4 is 15.0 Å². The van der Waals surface area contributed by atoms with E-state index < -0.39 is 0 Å². The number of carbonyl (C=O) groups excluding carboxylic acids is 2. The number of nitrogens with zero attached hydrogens (tertiary/aromatic N) is 2. The summed E-state index contributed by atoms with van der Waals surface area (Å²) < 4.78 is 6.38. The van der Waals surface area contributed by atoms with E-state index in [1.54, 1.807) is 42.7 Å². The number of piperidine rings is 1. The highest BCUT2D eigenvalue weighted by Crippen LogP contribution is 2.33. The maximum Gasteiger partial charge on any atom is 0.229 e. The summed E-state index contributed by atoms with van der Waals surface area (Å²) >= 11 is 1.63. The molecule has 0 bridgehead atoms. The van der Waals surface area contributed by atoms with Gasteiger partial charge in [-0.3, -0.25) is 9.59 Å². The van der Waals surface area contributed by atoms with E-state index in [1.807, 2.05) is 18.2 Å². The highest BCUT2D eigenvalue weighted by molar-refractivity contribution is 7.22. The van der Waals surface area contributed by atoms with E-state index in [-0.39, 0.29) is 17.6 Å². The Morgan fingerprint density at radius 3 is 2.72 bits per heavy atom. The van der Waals surface area contributed by atoms with Crippen molar-refractivity contribution in [2.24, 2.45) is 5.92 Å². The monoisotopic (exact) mass is 409 g/mol. The number of amides is 1. The fourth-order valence-corrected chi connectivity index (χ4v) is 4.58. The number of thiazole rings is 1. The summed E-state index contributed by atoms with van der Waals surface area (Å²) in [7, 11) is 1.66. The molecule has 3 aromatic rings. The van der Waals surface area contributed by atoms with Crippen molar-refractivity contribution in [1.82, 2.24) is 4.98 Å². The van der Waals surface area contributed by atoms with E-state index >= 15 is 0 Å². The van der Waals surface area contributed by atoms with Gasteiger partial charge in [0.25, 0.3) is 0 Å². The molecule has 1 aliphatic rings. The zero-order valence-corrected chi connectivity index (χ0v) is 17.3. The molecule has 1 N–H and O–H groups in total. The Balaban J connectivity index is 1.45. The number of Topliss-reactive ketones (excluding diaryl/α,β-unsaturated/α-hetero) is 1. The summed E-state index contributed by atoms with van der Waals surface area (Å²) in [6.45, 7) is 3.07. The summed E-state index contributed by atoms with van der Waals surface area (Å²) in [6, 6.07) is 12.9. The molecule has 1 fully saturated rings. The number of rotatable bonds is 5. The van der Waals surface area contributed by atoms with Crippen LogP contribution in [0, 0.1) is 5.92 Å². The molecule has 1 atom stereocenters. The van der Waals surface area contributed by atoms with Gasteiger partial charge in [-0.1, -0.05) is 11.3 Å². The van der Waals surface area contributed by atoms with Crippen molar-refractivity contribution in [2.75, 3.05) is 30.4 Å². The third kappa shape index (κ3) is 4.24. The first-order valence-corrected chi connectivity index (χ1v) is 10.5. The maximum atomic E-state index is 12.8. The molecule has 6 nitrogen and oxygen atoms in total. The Labute approximate surface area is 173 Å². The molecule has 0 radical (unpaired) electrons. The number of carbonyl (C=O) groups is 2. The molecule has 4 rings (SSSR count). The number of nitrogens with one attached hydrogen (secondary N) is 1. The Bertz CT molecular complexity index is 1050. The smallest absolute Gasteiger partial charge is 0.229 e. The van der Waals surface area contributed by atoms with Gasteiger partial charge in [-0.25, -0.2) is 4.98 Å². The average Bonchev–Trinajstić information content (AvgIpc) is 3.17. The zero-order valence-electron chi connectivity index (χ0n) is 16.5. The van der Waals surface area contributed by atoms with Crippen LogP contribution in [0.5, 0.6) is 5.75 Å². The summed E-state index contributed by atoms with van der Waals surface area (Å²) in [5, 5.41) is 3.92. The van der Waals surface area contributed by atoms with Gasteiger partial charge in [-0.2, -0.15) is 0 Å². The number of anilines is 2. The second-order valence-electron chi connectivity index (χ2n) is 7.24. The third-order valence-corrected chi connectivity index (χ3v) is 6.28. The van der Waals surface area contributed by atoms with Crippen molar-refractivity contribution in [3.05, 3.63) is 48.0 Å². The van der Waals surface area contributed by atoms with E-state index in [4.69, 9.17) is 9.72 Å². The van der Waals surface area contributed by atoms with Gasteiger partial charge in [0.05, 0.1) is 23.2 Å². The maximum absolute atomic E-state index is 12.8. The number of hydrogen-bond acceptors (Lipinski definition) is 6. The summed E-state index contributed by atoms with van der Waals surface area (Å²) in [5.41, 5.74) is 2.30. The molecule has 0 saturated carbocycles. The van der Waals surface area contributed by atoms with E-state index in [2.05, 4.69) is 10.2 Å². The van der Waals surface area contributed by atoms with Crippen LogP contribution in [0.1, 0.15) is 30.1 Å². The fourth-order valence-electron chi connectivity index (χ4n) is 3.55. The van der Waals surface area contributed by atoms with Crippen molar-refractivity contribution in [2.45, 2.75) is 19.8 Å². The largest absolute Gasteiger partial charge is 0.497 e. The van der Waals surface area contributed by atoms with Crippen LogP contribution in [-0.4, -0.2) is 36.9 Å². The highest BCUT2D eigenvalue weighted by atomic mass is 32.1. The summed E-state index contributed by atoms with van der Waals surface area (Å²) in [5.74, 6) is 0.740. The van der Waals surface area contributed by atoms with Gasteiger partial charge >= 0.3 is 0 Å². The van der Waals surface area contributed by atoms with E-state index in [9.17, 15) is 9.59 Å². The summed E-state index contributed by atoms with van der Waals surface area (Å²) in [4.78, 5) is 31.1. The molecule has 1 amide bonds. The minimum atomic E-state index is -0.0993. The highest BCUT2D eigenvalue weighted by Gasteiger charge is 2.27. The minimum Gasteiger partial charge on any atom is -0.497 e. The lowest BCUT2D eigenvalue weighted by Crippen LogP contribution is -2.40. The lowest BCUT2D eigenvalue weighted by molar-refractivity contribution is -0.120. The topological polar surface area (TPSA) is 71.5 Å². The molecular formula is C22H23N3O3S. The molecule has 29 heavy (non-hydrogen) atoms. The minimum absolute atomic E-state index is 0.00746. The Morgan fingerprint density at radius 1 is 1.21 bits per heavy atom. The molecule has 1 aromatic heterocycles. The van der Waals surface area contributed by atoms with Crippen molar-refractivity contribution in [3.63, 3.8) is 0 Å². The number of methoxy groups -OCH3 is 1. The second kappa shape index (κ2) is 8.21. The molecule has 1 saturated heterocycles. The number of ether oxygens (including phenoxy) is 1. The van der Waals surface area contributed by atoms with Crippen LogP contribution in [0.4, 0.5) is 10.8 Å². The van der Waals surface area contributed by atoms with Gasteiger partial charge in [-0.05, 0) is 62.2 Å². The SMILES string of the molecule is COc1ccc2nc(N3CCCC(C(=O)Nc4ccc(C(C)=O)cc4)C3)sc2c1. The second-order valence-corrected chi connectivity index (χ2v) is 8.25. The van der Waals surface area contributed by atoms with Gasteiger partial charge < -0.3 is 15.0 Å². The standard InChI is InChI=1S/C22H23N3O3S/c1-14(26)15-5-7-17(8-6-15)23-21(27)16-4-3-11-25(13-16)22-24-19-10-9-18(28-2)12-20(19)29-22/h5-10,12,16H,3-4,11,13H2,1-2H3,(H,23,27). The van der Waals surface area contributed by atoms with Crippen LogP contribution in [-0.2, 0) is 4.79 Å². The number of ketones is 1. The van der Waals surface area contributed by atoms with Gasteiger partial charge in [-0.15, -0.1) is 0 Å². The Hall–Kier alpha value is -2.93. The molecule has 1 aliphatic heterocycles. The van der Waals surface area contributed by atoms with E-state index in [1.165, 1.54) is 6.92 Å². The van der Waals surface area contributed by atoms with Crippen LogP contribution in [0.15, 0.2) is 42.5 Å². The van der Waals surface area contributed by atoms with E-state index in [0.29, 0.717) is 17.8 Å². The quantitative estimate of drug-likeness (QED) is 0.634. The first-order valence-electron chi connectivity index (χ1n) is 9.65. The number of hydrogen-bond donors (Lipinski definition) is 1. The summed E-state index contributed by atoms with van der Waals surface area (Å²) in [6.07, 6.45) is 1.80. The first kappa shape index (κ1) is 19.4. The Kier molecular flexibility index (Phi) is 5.49. The molecule has 2 aromatic carbocycles. The lowest BCUT2D eigenvalue weighted by Gasteiger charge is -2.31. The normalized spacial score (nSPS) is 16.6. The lowest BCUT2D eigenvalue weighted by atomic mass is 9.97. The van der Waals surface area contributed by atoms with Gasteiger partial charge in [0.15, 0.2) is 10.9 Å².